The molecule has 4 nitrogen and oxygen atoms in total. The van der Waals surface area contributed by atoms with Crippen LogP contribution in [0.2, 0.25) is 0 Å². The lowest BCUT2D eigenvalue weighted by atomic mass is 10.2. The molecule has 1 saturated heterocycles. The van der Waals surface area contributed by atoms with Crippen LogP contribution in [-0.2, 0) is 11.3 Å². The van der Waals surface area contributed by atoms with E-state index in [2.05, 4.69) is 0 Å². The molecule has 1 aromatic rings. The fourth-order valence-electron chi connectivity index (χ4n) is 1.37. The van der Waals surface area contributed by atoms with Crippen LogP contribution in [0.15, 0.2) is 18.2 Å². The molecule has 0 unspecified atom stereocenters. The second-order valence-corrected chi connectivity index (χ2v) is 3.42. The van der Waals surface area contributed by atoms with Gasteiger partial charge in [0.25, 0.3) is 0 Å². The summed E-state index contributed by atoms with van der Waals surface area (Å²) in [5.74, 6) is 1.34. The van der Waals surface area contributed by atoms with E-state index in [1.54, 1.807) is 13.2 Å². The first-order valence-corrected chi connectivity index (χ1v) is 4.85. The summed E-state index contributed by atoms with van der Waals surface area (Å²) in [6.07, 6.45) is 0.124. The van der Waals surface area contributed by atoms with Crippen LogP contribution in [0.4, 0.5) is 0 Å². The highest BCUT2D eigenvalue weighted by molar-refractivity contribution is 5.43. The second kappa shape index (κ2) is 4.51. The third kappa shape index (κ3) is 2.22. The quantitative estimate of drug-likeness (QED) is 0.804. The summed E-state index contributed by atoms with van der Waals surface area (Å²) >= 11 is 0. The topological polar surface area (TPSA) is 47.9 Å². The fraction of sp³-hybridized carbons (Fsp3) is 0.455. The maximum absolute atomic E-state index is 8.97. The Balaban J connectivity index is 2.13. The molecular formula is C11H14O4. The maximum Gasteiger partial charge on any atom is 0.161 e. The van der Waals surface area contributed by atoms with E-state index in [0.29, 0.717) is 24.7 Å². The van der Waals surface area contributed by atoms with Crippen LogP contribution in [0.25, 0.3) is 0 Å². The molecule has 0 aliphatic carbocycles. The van der Waals surface area contributed by atoms with Crippen LogP contribution in [0.3, 0.4) is 0 Å². The van der Waals surface area contributed by atoms with Crippen LogP contribution in [0, 0.1) is 0 Å². The first kappa shape index (κ1) is 10.3. The van der Waals surface area contributed by atoms with E-state index in [4.69, 9.17) is 19.3 Å². The Morgan fingerprint density at radius 1 is 1.40 bits per heavy atom. The highest BCUT2D eigenvalue weighted by Crippen LogP contribution is 2.29. The second-order valence-electron chi connectivity index (χ2n) is 3.42. The van der Waals surface area contributed by atoms with Crippen molar-refractivity contribution in [2.45, 2.75) is 12.7 Å². The maximum atomic E-state index is 8.97. The van der Waals surface area contributed by atoms with Gasteiger partial charge in [-0.05, 0) is 17.7 Å². The highest BCUT2D eigenvalue weighted by atomic mass is 16.6. The number of hydrogen-bond donors (Lipinski definition) is 1. The zero-order valence-electron chi connectivity index (χ0n) is 8.60. The zero-order valence-corrected chi connectivity index (χ0v) is 8.60. The van der Waals surface area contributed by atoms with Gasteiger partial charge in [-0.3, -0.25) is 0 Å². The van der Waals surface area contributed by atoms with Gasteiger partial charge in [0, 0.05) is 0 Å². The van der Waals surface area contributed by atoms with Crippen LogP contribution in [0.1, 0.15) is 5.56 Å². The minimum Gasteiger partial charge on any atom is -0.493 e. The molecule has 1 aromatic carbocycles. The first-order valence-electron chi connectivity index (χ1n) is 4.85. The third-order valence-electron chi connectivity index (χ3n) is 2.31. The first-order chi connectivity index (χ1) is 7.33. The number of aliphatic hydroxyl groups excluding tert-OH is 1. The van der Waals surface area contributed by atoms with E-state index >= 15 is 0 Å². The molecule has 2 rings (SSSR count). The van der Waals surface area contributed by atoms with Gasteiger partial charge in [0.15, 0.2) is 11.5 Å². The molecule has 0 saturated carbocycles. The lowest BCUT2D eigenvalue weighted by Crippen LogP contribution is -2.38. The smallest absolute Gasteiger partial charge is 0.161 e. The van der Waals surface area contributed by atoms with Crippen molar-refractivity contribution in [2.75, 3.05) is 20.3 Å². The predicted octanol–water partition coefficient (Wildman–Crippen LogP) is 0.965. The SMILES string of the molecule is COc1cc(CO)ccc1OC1COC1. The lowest BCUT2D eigenvalue weighted by Gasteiger charge is -2.27. The minimum absolute atomic E-state index is 0.00315. The average molecular weight is 210 g/mol. The Hall–Kier alpha value is -1.26. The van der Waals surface area contributed by atoms with E-state index in [-0.39, 0.29) is 12.7 Å². The summed E-state index contributed by atoms with van der Waals surface area (Å²) in [5, 5.41) is 8.97. The molecule has 0 spiro atoms. The summed E-state index contributed by atoms with van der Waals surface area (Å²) in [6.45, 7) is 1.26. The summed E-state index contributed by atoms with van der Waals surface area (Å²) in [6, 6.07) is 5.40. The fourth-order valence-corrected chi connectivity index (χ4v) is 1.37. The van der Waals surface area contributed by atoms with Gasteiger partial charge in [-0.2, -0.15) is 0 Å². The van der Waals surface area contributed by atoms with Crippen molar-refractivity contribution < 1.29 is 19.3 Å². The van der Waals surface area contributed by atoms with Gasteiger partial charge < -0.3 is 19.3 Å². The van der Waals surface area contributed by atoms with Crippen molar-refractivity contribution in [1.29, 1.82) is 0 Å². The van der Waals surface area contributed by atoms with Gasteiger partial charge in [0.2, 0.25) is 0 Å². The number of aliphatic hydroxyl groups is 1. The van der Waals surface area contributed by atoms with Crippen LogP contribution >= 0.6 is 0 Å². The van der Waals surface area contributed by atoms with E-state index in [9.17, 15) is 0 Å². The van der Waals surface area contributed by atoms with E-state index in [1.807, 2.05) is 12.1 Å². The molecule has 1 heterocycles. The van der Waals surface area contributed by atoms with Gasteiger partial charge in [-0.25, -0.2) is 0 Å². The summed E-state index contributed by atoms with van der Waals surface area (Å²) in [7, 11) is 1.58. The van der Waals surface area contributed by atoms with E-state index in [0.717, 1.165) is 5.56 Å². The Morgan fingerprint density at radius 2 is 2.20 bits per heavy atom. The number of ether oxygens (including phenoxy) is 3. The van der Waals surface area contributed by atoms with Crippen LogP contribution in [0.5, 0.6) is 11.5 Å². The van der Waals surface area contributed by atoms with Gasteiger partial charge in [-0.1, -0.05) is 6.07 Å². The van der Waals surface area contributed by atoms with Gasteiger partial charge in [-0.15, -0.1) is 0 Å². The van der Waals surface area contributed by atoms with Crippen molar-refractivity contribution >= 4 is 0 Å². The molecule has 15 heavy (non-hydrogen) atoms. The Kier molecular flexibility index (Phi) is 3.08. The summed E-state index contributed by atoms with van der Waals surface area (Å²) in [5.41, 5.74) is 0.809. The molecular weight excluding hydrogens is 196 g/mol. The minimum atomic E-state index is 0.00315. The molecule has 4 heteroatoms. The van der Waals surface area contributed by atoms with Gasteiger partial charge >= 0.3 is 0 Å². The summed E-state index contributed by atoms with van der Waals surface area (Å²) < 4.78 is 15.8. The molecule has 0 atom stereocenters. The van der Waals surface area contributed by atoms with Crippen LogP contribution in [-0.4, -0.2) is 31.5 Å². The van der Waals surface area contributed by atoms with Crippen molar-refractivity contribution in [2.24, 2.45) is 0 Å². The summed E-state index contributed by atoms with van der Waals surface area (Å²) in [4.78, 5) is 0. The zero-order chi connectivity index (χ0) is 10.7. The molecule has 0 bridgehead atoms. The van der Waals surface area contributed by atoms with Crippen molar-refractivity contribution in [1.82, 2.24) is 0 Å². The standard InChI is InChI=1S/C11H14O4/c1-13-11-4-8(5-12)2-3-10(11)15-9-6-14-7-9/h2-4,9,12H,5-7H2,1H3. The predicted molar refractivity (Wildman–Crippen MR) is 54.2 cm³/mol. The van der Waals surface area contributed by atoms with Crippen molar-refractivity contribution in [3.05, 3.63) is 23.8 Å². The molecule has 0 amide bonds. The van der Waals surface area contributed by atoms with Crippen molar-refractivity contribution in [3.63, 3.8) is 0 Å². The molecule has 0 aromatic heterocycles. The van der Waals surface area contributed by atoms with E-state index in [1.165, 1.54) is 0 Å². The Morgan fingerprint density at radius 3 is 2.73 bits per heavy atom. The number of methoxy groups -OCH3 is 1. The largest absolute Gasteiger partial charge is 0.493 e. The van der Waals surface area contributed by atoms with Crippen molar-refractivity contribution in [3.8, 4) is 11.5 Å². The molecule has 1 fully saturated rings. The normalized spacial score (nSPS) is 15.9. The molecule has 1 aliphatic heterocycles. The van der Waals surface area contributed by atoms with E-state index < -0.39 is 0 Å². The molecule has 1 aliphatic rings. The Bertz CT molecular complexity index is 333. The molecule has 1 N–H and O–H groups in total. The number of benzene rings is 1. The van der Waals surface area contributed by atoms with Crippen LogP contribution < -0.4 is 9.47 Å². The lowest BCUT2D eigenvalue weighted by molar-refractivity contribution is -0.0803. The number of hydrogen-bond acceptors (Lipinski definition) is 4. The Labute approximate surface area is 88.4 Å². The average Bonchev–Trinajstić information content (AvgIpc) is 2.23. The highest BCUT2D eigenvalue weighted by Gasteiger charge is 2.21. The third-order valence-corrected chi connectivity index (χ3v) is 2.31. The monoisotopic (exact) mass is 210 g/mol. The molecule has 82 valence electrons. The van der Waals surface area contributed by atoms with Gasteiger partial charge in [0.1, 0.15) is 6.10 Å². The molecule has 0 radical (unpaired) electrons. The van der Waals surface area contributed by atoms with Gasteiger partial charge in [0.05, 0.1) is 26.9 Å². The number of rotatable bonds is 4.